The van der Waals surface area contributed by atoms with Crippen molar-refractivity contribution in [1.29, 1.82) is 0 Å². The first-order valence-electron chi connectivity index (χ1n) is 7.35. The molecule has 0 unspecified atom stereocenters. The van der Waals surface area contributed by atoms with Gasteiger partial charge in [-0.15, -0.1) is 0 Å². The Morgan fingerprint density at radius 1 is 0.923 bits per heavy atom. The van der Waals surface area contributed by atoms with Crippen molar-refractivity contribution in [2.24, 2.45) is 0 Å². The van der Waals surface area contributed by atoms with Crippen LogP contribution in [0.2, 0.25) is 0 Å². The van der Waals surface area contributed by atoms with Gasteiger partial charge in [0.25, 0.3) is 0 Å². The fraction of sp³-hybridized carbons (Fsp3) is 0.176. The van der Waals surface area contributed by atoms with Gasteiger partial charge in [-0.25, -0.2) is 14.4 Å². The molecule has 2 aromatic carbocycles. The standard InChI is InChI=1S/C17H13F4N3O2/c1-25-13-7-11-12(8-14(13)26-2)23-16(24-15(11)17(19,20)21)22-10-5-3-9(18)4-6-10/h3-8H,1-2H3,(H,22,23,24). The Balaban J connectivity index is 2.17. The summed E-state index contributed by atoms with van der Waals surface area (Å²) in [5.41, 5.74) is -0.748. The summed E-state index contributed by atoms with van der Waals surface area (Å²) in [6.07, 6.45) is -4.71. The summed E-state index contributed by atoms with van der Waals surface area (Å²) in [5, 5.41) is 2.42. The molecule has 0 bridgehead atoms. The minimum absolute atomic E-state index is 0.0228. The molecule has 3 aromatic rings. The number of methoxy groups -OCH3 is 2. The molecule has 0 atom stereocenters. The van der Waals surface area contributed by atoms with E-state index < -0.39 is 17.7 Å². The number of benzene rings is 2. The maximum atomic E-state index is 13.5. The van der Waals surface area contributed by atoms with E-state index in [1.807, 2.05) is 0 Å². The monoisotopic (exact) mass is 367 g/mol. The van der Waals surface area contributed by atoms with Crippen LogP contribution < -0.4 is 14.8 Å². The molecule has 1 N–H and O–H groups in total. The maximum absolute atomic E-state index is 13.5. The molecule has 0 aliphatic carbocycles. The lowest BCUT2D eigenvalue weighted by molar-refractivity contribution is -0.139. The van der Waals surface area contributed by atoms with Gasteiger partial charge in [0.15, 0.2) is 17.2 Å². The molecule has 0 fully saturated rings. The average molecular weight is 367 g/mol. The van der Waals surface area contributed by atoms with Crippen LogP contribution in [0.15, 0.2) is 36.4 Å². The zero-order valence-corrected chi connectivity index (χ0v) is 13.7. The number of ether oxygens (including phenoxy) is 2. The third-order valence-electron chi connectivity index (χ3n) is 3.57. The van der Waals surface area contributed by atoms with Crippen LogP contribution in [0.1, 0.15) is 5.69 Å². The number of nitrogens with one attached hydrogen (secondary N) is 1. The van der Waals surface area contributed by atoms with Gasteiger partial charge in [-0.05, 0) is 30.3 Å². The molecule has 3 rings (SSSR count). The van der Waals surface area contributed by atoms with Crippen molar-refractivity contribution in [3.63, 3.8) is 0 Å². The van der Waals surface area contributed by atoms with E-state index in [4.69, 9.17) is 9.47 Å². The first kappa shape index (κ1) is 17.7. The number of halogens is 4. The molecule has 136 valence electrons. The first-order valence-corrected chi connectivity index (χ1v) is 7.35. The predicted octanol–water partition coefficient (Wildman–Crippen LogP) is 4.55. The lowest BCUT2D eigenvalue weighted by atomic mass is 10.1. The van der Waals surface area contributed by atoms with Crippen molar-refractivity contribution >= 4 is 22.5 Å². The van der Waals surface area contributed by atoms with Crippen molar-refractivity contribution in [3.05, 3.63) is 47.9 Å². The first-order chi connectivity index (χ1) is 12.3. The van der Waals surface area contributed by atoms with Gasteiger partial charge in [-0.2, -0.15) is 13.2 Å². The van der Waals surface area contributed by atoms with Crippen molar-refractivity contribution < 1.29 is 27.0 Å². The molecule has 26 heavy (non-hydrogen) atoms. The van der Waals surface area contributed by atoms with E-state index in [9.17, 15) is 17.6 Å². The van der Waals surface area contributed by atoms with Gasteiger partial charge in [0.05, 0.1) is 19.7 Å². The molecule has 5 nitrogen and oxygen atoms in total. The molecule has 0 amide bonds. The fourth-order valence-corrected chi connectivity index (χ4v) is 2.39. The molecule has 1 aromatic heterocycles. The second-order valence-corrected chi connectivity index (χ2v) is 5.25. The Labute approximate surface area is 145 Å². The van der Waals surface area contributed by atoms with Crippen LogP contribution in [-0.4, -0.2) is 24.2 Å². The molecule has 9 heteroatoms. The molecule has 0 radical (unpaired) electrons. The SMILES string of the molecule is COc1cc2nc(Nc3ccc(F)cc3)nc(C(F)(F)F)c2cc1OC. The highest BCUT2D eigenvalue weighted by Crippen LogP contribution is 2.38. The topological polar surface area (TPSA) is 56.3 Å². The summed E-state index contributed by atoms with van der Waals surface area (Å²) in [7, 11) is 2.69. The molecule has 0 saturated carbocycles. The van der Waals surface area contributed by atoms with Crippen molar-refractivity contribution in [2.75, 3.05) is 19.5 Å². The van der Waals surface area contributed by atoms with Gasteiger partial charge in [0.1, 0.15) is 5.82 Å². The van der Waals surface area contributed by atoms with Gasteiger partial charge in [-0.3, -0.25) is 0 Å². The number of alkyl halides is 3. The second kappa shape index (κ2) is 6.66. The molecule has 0 spiro atoms. The highest BCUT2D eigenvalue weighted by molar-refractivity contribution is 5.86. The molecule has 1 heterocycles. The molecular formula is C17H13F4N3O2. The average Bonchev–Trinajstić information content (AvgIpc) is 2.61. The zero-order valence-electron chi connectivity index (χ0n) is 13.7. The minimum atomic E-state index is -4.71. The summed E-state index contributed by atoms with van der Waals surface area (Å²) in [5.74, 6) is -0.376. The molecule has 0 saturated heterocycles. The van der Waals surface area contributed by atoms with Gasteiger partial charge in [0.2, 0.25) is 5.95 Å². The van der Waals surface area contributed by atoms with E-state index in [0.717, 1.165) is 0 Å². The Kier molecular flexibility index (Phi) is 4.54. The predicted molar refractivity (Wildman–Crippen MR) is 87.3 cm³/mol. The summed E-state index contributed by atoms with van der Waals surface area (Å²) in [4.78, 5) is 7.68. The van der Waals surface area contributed by atoms with Crippen LogP contribution in [0.25, 0.3) is 10.9 Å². The highest BCUT2D eigenvalue weighted by Gasteiger charge is 2.36. The lowest BCUT2D eigenvalue weighted by Crippen LogP contribution is -2.12. The van der Waals surface area contributed by atoms with Crippen molar-refractivity contribution in [2.45, 2.75) is 6.18 Å². The van der Waals surface area contributed by atoms with E-state index in [1.165, 1.54) is 50.6 Å². The van der Waals surface area contributed by atoms with Gasteiger partial charge in [0, 0.05) is 17.1 Å². The second-order valence-electron chi connectivity index (χ2n) is 5.25. The quantitative estimate of drug-likeness (QED) is 0.686. The third kappa shape index (κ3) is 3.46. The molecule has 0 aliphatic rings. The molecular weight excluding hydrogens is 354 g/mol. The largest absolute Gasteiger partial charge is 0.493 e. The van der Waals surface area contributed by atoms with Crippen LogP contribution in [-0.2, 0) is 6.18 Å². The fourth-order valence-electron chi connectivity index (χ4n) is 2.39. The van der Waals surface area contributed by atoms with Crippen LogP contribution in [0.5, 0.6) is 11.5 Å². The maximum Gasteiger partial charge on any atom is 0.434 e. The number of hydrogen-bond acceptors (Lipinski definition) is 5. The number of aromatic nitrogens is 2. The normalized spacial score (nSPS) is 11.5. The number of anilines is 2. The summed E-state index contributed by atoms with van der Waals surface area (Å²) in [6, 6.07) is 7.58. The van der Waals surface area contributed by atoms with E-state index in [-0.39, 0.29) is 28.4 Å². The summed E-state index contributed by atoms with van der Waals surface area (Å²) >= 11 is 0. The van der Waals surface area contributed by atoms with Gasteiger partial charge >= 0.3 is 6.18 Å². The number of rotatable bonds is 4. The third-order valence-corrected chi connectivity index (χ3v) is 3.57. The van der Waals surface area contributed by atoms with Crippen LogP contribution in [0.4, 0.5) is 29.2 Å². The van der Waals surface area contributed by atoms with Crippen LogP contribution >= 0.6 is 0 Å². The Hall–Kier alpha value is -3.10. The van der Waals surface area contributed by atoms with E-state index >= 15 is 0 Å². The highest BCUT2D eigenvalue weighted by atomic mass is 19.4. The smallest absolute Gasteiger partial charge is 0.434 e. The summed E-state index contributed by atoms with van der Waals surface area (Å²) < 4.78 is 63.5. The van der Waals surface area contributed by atoms with Crippen LogP contribution in [0.3, 0.4) is 0 Å². The van der Waals surface area contributed by atoms with Gasteiger partial charge in [-0.1, -0.05) is 0 Å². The Morgan fingerprint density at radius 3 is 2.12 bits per heavy atom. The molecule has 0 aliphatic heterocycles. The van der Waals surface area contributed by atoms with E-state index in [0.29, 0.717) is 5.69 Å². The van der Waals surface area contributed by atoms with E-state index in [2.05, 4.69) is 15.3 Å². The number of hydrogen-bond donors (Lipinski definition) is 1. The lowest BCUT2D eigenvalue weighted by Gasteiger charge is -2.14. The number of nitrogens with zero attached hydrogens (tertiary/aromatic N) is 2. The van der Waals surface area contributed by atoms with Gasteiger partial charge < -0.3 is 14.8 Å². The Bertz CT molecular complexity index is 943. The Morgan fingerprint density at radius 2 is 1.54 bits per heavy atom. The zero-order chi connectivity index (χ0) is 18.9. The van der Waals surface area contributed by atoms with E-state index in [1.54, 1.807) is 0 Å². The van der Waals surface area contributed by atoms with Crippen molar-refractivity contribution in [1.82, 2.24) is 9.97 Å². The number of fused-ring (bicyclic) bond motifs is 1. The summed E-state index contributed by atoms with van der Waals surface area (Å²) in [6.45, 7) is 0. The van der Waals surface area contributed by atoms with Crippen LogP contribution in [0, 0.1) is 5.82 Å². The van der Waals surface area contributed by atoms with Crippen molar-refractivity contribution in [3.8, 4) is 11.5 Å². The minimum Gasteiger partial charge on any atom is -0.493 e.